The summed E-state index contributed by atoms with van der Waals surface area (Å²) in [5, 5.41) is 0. The minimum Gasteiger partial charge on any atom is -0.454 e. The molecule has 0 aliphatic carbocycles. The molecule has 0 unspecified atom stereocenters. The molecule has 0 saturated carbocycles. The quantitative estimate of drug-likeness (QED) is 0.632. The van der Waals surface area contributed by atoms with Gasteiger partial charge in [-0.05, 0) is 0 Å². The van der Waals surface area contributed by atoms with E-state index in [0.717, 1.165) is 31.4 Å². The van der Waals surface area contributed by atoms with Gasteiger partial charge < -0.3 is 24.8 Å². The van der Waals surface area contributed by atoms with Gasteiger partial charge in [0.1, 0.15) is 0 Å². The summed E-state index contributed by atoms with van der Waals surface area (Å²) in [6.07, 6.45) is 3.31. The number of nitrogens with one attached hydrogen (secondary N) is 1. The number of hydrogen-bond donors (Lipinski definition) is 0. The molecule has 2 bridgehead atoms. The zero-order valence-corrected chi connectivity index (χ0v) is 12.1. The zero-order valence-electron chi connectivity index (χ0n) is 12.1. The van der Waals surface area contributed by atoms with E-state index in [2.05, 4.69) is 0 Å². The van der Waals surface area contributed by atoms with Gasteiger partial charge in [0.15, 0.2) is 11.8 Å². The molecule has 0 atom stereocenters. The van der Waals surface area contributed by atoms with Gasteiger partial charge in [-0.25, -0.2) is 0 Å². The molecule has 0 fully saturated rings. The fraction of sp³-hybridized carbons (Fsp3) is 0.929. The van der Waals surface area contributed by atoms with Crippen LogP contribution >= 0.6 is 0 Å². The molecular formula is C14H26N2O4. The molecule has 20 heavy (non-hydrogen) atoms. The van der Waals surface area contributed by atoms with Gasteiger partial charge in [0, 0.05) is 12.8 Å². The largest absolute Gasteiger partial charge is 0.454 e. The SMILES string of the molecule is [NH-][N+]1=C2CCOCCOCCC1CCOCCOCC2. The molecule has 2 rings (SSSR count). The highest BCUT2D eigenvalue weighted by Crippen LogP contribution is 2.10. The molecule has 2 heterocycles. The van der Waals surface area contributed by atoms with E-state index in [1.807, 2.05) is 0 Å². The first-order valence-electron chi connectivity index (χ1n) is 7.54. The Morgan fingerprint density at radius 2 is 1.15 bits per heavy atom. The minimum atomic E-state index is 0.154. The molecule has 116 valence electrons. The lowest BCUT2D eigenvalue weighted by molar-refractivity contribution is -0.507. The number of hydrogen-bond acceptors (Lipinski definition) is 4. The van der Waals surface area contributed by atoms with Gasteiger partial charge in [-0.1, -0.05) is 0 Å². The summed E-state index contributed by atoms with van der Waals surface area (Å²) in [5.41, 5.74) is 1.10. The van der Waals surface area contributed by atoms with Gasteiger partial charge in [0.25, 0.3) is 0 Å². The molecule has 0 aromatic heterocycles. The van der Waals surface area contributed by atoms with Crippen LogP contribution in [0.25, 0.3) is 5.84 Å². The molecule has 0 aromatic rings. The van der Waals surface area contributed by atoms with Crippen molar-refractivity contribution in [3.05, 3.63) is 5.84 Å². The standard InChI is InChI=1S/C14H26N2O4/c15-16-13-1-5-17-9-10-19-7-3-14(16)4-8-20-12-11-18-6-2-13/h13,15H,1-12H2. The molecule has 0 amide bonds. The Balaban J connectivity index is 2.07. The Bertz CT molecular complexity index is 288. The van der Waals surface area contributed by atoms with E-state index in [0.29, 0.717) is 52.9 Å². The fourth-order valence-corrected chi connectivity index (χ4v) is 2.49. The first kappa shape index (κ1) is 15.7. The number of ether oxygens (including phenoxy) is 4. The summed E-state index contributed by atoms with van der Waals surface area (Å²) in [5.74, 6) is 8.42. The predicted octanol–water partition coefficient (Wildman–Crippen LogP) is 1.43. The average Bonchev–Trinajstić information content (AvgIpc) is 2.52. The van der Waals surface area contributed by atoms with Crippen LogP contribution in [0.4, 0.5) is 0 Å². The Labute approximate surface area is 120 Å². The summed E-state index contributed by atoms with van der Waals surface area (Å²) in [7, 11) is 0. The Morgan fingerprint density at radius 3 is 1.65 bits per heavy atom. The maximum absolute atomic E-state index is 8.42. The van der Waals surface area contributed by atoms with Crippen LogP contribution in [0, 0.1) is 0 Å². The van der Waals surface area contributed by atoms with Crippen LogP contribution in [0.5, 0.6) is 0 Å². The fourth-order valence-electron chi connectivity index (χ4n) is 2.49. The van der Waals surface area contributed by atoms with Crippen molar-refractivity contribution < 1.29 is 23.6 Å². The monoisotopic (exact) mass is 286 g/mol. The Hall–Kier alpha value is -0.690. The van der Waals surface area contributed by atoms with Crippen molar-refractivity contribution in [2.24, 2.45) is 0 Å². The average molecular weight is 286 g/mol. The van der Waals surface area contributed by atoms with Crippen LogP contribution < -0.4 is 0 Å². The highest BCUT2D eigenvalue weighted by atomic mass is 16.5. The molecule has 2 aliphatic rings. The Morgan fingerprint density at radius 1 is 0.700 bits per heavy atom. The van der Waals surface area contributed by atoms with E-state index in [-0.39, 0.29) is 6.04 Å². The van der Waals surface area contributed by atoms with Crippen molar-refractivity contribution in [2.45, 2.75) is 31.7 Å². The second-order valence-electron chi connectivity index (χ2n) is 5.12. The van der Waals surface area contributed by atoms with Crippen LogP contribution in [0.1, 0.15) is 25.7 Å². The second kappa shape index (κ2) is 9.28. The van der Waals surface area contributed by atoms with Gasteiger partial charge >= 0.3 is 0 Å². The topological polar surface area (TPSA) is 63.7 Å². The van der Waals surface area contributed by atoms with Crippen molar-refractivity contribution in [1.82, 2.24) is 0 Å². The maximum atomic E-state index is 8.42. The van der Waals surface area contributed by atoms with E-state index in [1.165, 1.54) is 0 Å². The smallest absolute Gasteiger partial charge is 0.152 e. The summed E-state index contributed by atoms with van der Waals surface area (Å²) in [4.78, 5) is 0. The van der Waals surface area contributed by atoms with Crippen molar-refractivity contribution in [2.75, 3.05) is 52.9 Å². The first-order valence-corrected chi connectivity index (χ1v) is 7.54. The van der Waals surface area contributed by atoms with Gasteiger partial charge in [0.05, 0.1) is 65.7 Å². The van der Waals surface area contributed by atoms with Crippen molar-refractivity contribution in [1.29, 1.82) is 0 Å². The highest BCUT2D eigenvalue weighted by Gasteiger charge is 2.21. The Kier molecular flexibility index (Phi) is 7.28. The first-order chi connectivity index (χ1) is 9.88. The molecular weight excluding hydrogens is 260 g/mol. The molecule has 6 nitrogen and oxygen atoms in total. The minimum absolute atomic E-state index is 0.154. The van der Waals surface area contributed by atoms with Crippen LogP contribution in [-0.4, -0.2) is 69.3 Å². The third-order valence-electron chi connectivity index (χ3n) is 3.71. The van der Waals surface area contributed by atoms with Gasteiger partial charge in [-0.3, -0.25) is 4.68 Å². The molecule has 0 saturated heterocycles. The third kappa shape index (κ3) is 5.36. The van der Waals surface area contributed by atoms with Crippen molar-refractivity contribution in [3.63, 3.8) is 0 Å². The molecule has 6 heteroatoms. The number of rotatable bonds is 0. The molecule has 1 N–H and O–H groups in total. The van der Waals surface area contributed by atoms with E-state index < -0.39 is 0 Å². The maximum Gasteiger partial charge on any atom is 0.152 e. The predicted molar refractivity (Wildman–Crippen MR) is 75.1 cm³/mol. The summed E-state index contributed by atoms with van der Waals surface area (Å²) in [6.45, 7) is 5.19. The van der Waals surface area contributed by atoms with E-state index in [9.17, 15) is 0 Å². The van der Waals surface area contributed by atoms with Gasteiger partial charge in [-0.2, -0.15) is 0 Å². The molecule has 0 aromatic carbocycles. The zero-order chi connectivity index (χ0) is 14.0. The van der Waals surface area contributed by atoms with Crippen LogP contribution in [-0.2, 0) is 18.9 Å². The number of nitrogens with zero attached hydrogens (tertiary/aromatic N) is 1. The summed E-state index contributed by atoms with van der Waals surface area (Å²) >= 11 is 0. The summed E-state index contributed by atoms with van der Waals surface area (Å²) < 4.78 is 23.8. The second-order valence-corrected chi connectivity index (χ2v) is 5.12. The van der Waals surface area contributed by atoms with Crippen LogP contribution in [0.3, 0.4) is 0 Å². The lowest BCUT2D eigenvalue weighted by Gasteiger charge is -2.20. The molecule has 0 radical (unpaired) electrons. The van der Waals surface area contributed by atoms with Crippen molar-refractivity contribution >= 4 is 5.71 Å². The number of fused-ring (bicyclic) bond motifs is 1. The van der Waals surface area contributed by atoms with E-state index in [4.69, 9.17) is 24.8 Å². The van der Waals surface area contributed by atoms with Gasteiger partial charge in [-0.15, -0.1) is 0 Å². The normalized spacial score (nSPS) is 25.6. The van der Waals surface area contributed by atoms with E-state index >= 15 is 0 Å². The van der Waals surface area contributed by atoms with Gasteiger partial charge in [0.2, 0.25) is 0 Å². The van der Waals surface area contributed by atoms with Crippen LogP contribution in [0.2, 0.25) is 0 Å². The van der Waals surface area contributed by atoms with E-state index in [1.54, 1.807) is 4.68 Å². The highest BCUT2D eigenvalue weighted by molar-refractivity contribution is 5.80. The van der Waals surface area contributed by atoms with Crippen molar-refractivity contribution in [3.8, 4) is 0 Å². The lowest BCUT2D eigenvalue weighted by Crippen LogP contribution is -2.30. The molecule has 2 aliphatic heterocycles. The third-order valence-corrected chi connectivity index (χ3v) is 3.71. The summed E-state index contributed by atoms with van der Waals surface area (Å²) in [6, 6.07) is 0.154. The van der Waals surface area contributed by atoms with Crippen LogP contribution in [0.15, 0.2) is 0 Å². The molecule has 0 spiro atoms. The lowest BCUT2D eigenvalue weighted by atomic mass is 10.1.